The van der Waals surface area contributed by atoms with E-state index in [9.17, 15) is 9.59 Å². The lowest BCUT2D eigenvalue weighted by Crippen LogP contribution is -2.13. The van der Waals surface area contributed by atoms with Gasteiger partial charge in [0.15, 0.2) is 6.61 Å². The van der Waals surface area contributed by atoms with Gasteiger partial charge in [-0.05, 0) is 35.9 Å². The number of hydrogen-bond donors (Lipinski definition) is 0. The zero-order chi connectivity index (χ0) is 18.2. The summed E-state index contributed by atoms with van der Waals surface area (Å²) < 4.78 is 15.2. The Kier molecular flexibility index (Phi) is 6.60. The second-order valence-corrected chi connectivity index (χ2v) is 5.36. The van der Waals surface area contributed by atoms with Crippen molar-refractivity contribution in [2.75, 3.05) is 20.8 Å². The summed E-state index contributed by atoms with van der Waals surface area (Å²) in [5.74, 6) is -0.145. The monoisotopic (exact) mass is 360 g/mol. The Bertz CT molecular complexity index is 798. The summed E-state index contributed by atoms with van der Waals surface area (Å²) >= 11 is 5.99. The molecule has 6 heteroatoms. The van der Waals surface area contributed by atoms with Crippen molar-refractivity contribution in [3.05, 3.63) is 64.7 Å². The minimum atomic E-state index is -0.643. The molecule has 0 aliphatic rings. The van der Waals surface area contributed by atoms with Crippen molar-refractivity contribution in [3.8, 4) is 11.5 Å². The molecule has 0 aromatic heterocycles. The fourth-order valence-corrected chi connectivity index (χ4v) is 2.26. The third-order valence-corrected chi connectivity index (χ3v) is 3.70. The maximum atomic E-state index is 12.3. The number of carbonyl (C=O) groups excluding carboxylic acids is 2. The number of hydrogen-bond acceptors (Lipinski definition) is 5. The molecule has 130 valence electrons. The Morgan fingerprint density at radius 1 is 1.08 bits per heavy atom. The number of rotatable bonds is 7. The van der Waals surface area contributed by atoms with Crippen LogP contribution >= 0.6 is 11.6 Å². The van der Waals surface area contributed by atoms with Gasteiger partial charge in [-0.25, -0.2) is 4.79 Å². The quantitative estimate of drug-likeness (QED) is 0.427. The Labute approximate surface area is 150 Å². The van der Waals surface area contributed by atoms with Crippen LogP contribution in [0, 0.1) is 0 Å². The highest BCUT2D eigenvalue weighted by Gasteiger charge is 2.15. The molecule has 0 spiro atoms. The van der Waals surface area contributed by atoms with E-state index in [-0.39, 0.29) is 5.56 Å². The highest BCUT2D eigenvalue weighted by atomic mass is 35.5. The van der Waals surface area contributed by atoms with Crippen LogP contribution in [-0.2, 0) is 9.53 Å². The maximum absolute atomic E-state index is 12.3. The molecule has 0 amide bonds. The van der Waals surface area contributed by atoms with Crippen molar-refractivity contribution in [2.24, 2.45) is 0 Å². The molecule has 0 heterocycles. The van der Waals surface area contributed by atoms with Gasteiger partial charge in [-0.3, -0.25) is 4.79 Å². The van der Waals surface area contributed by atoms with E-state index in [4.69, 9.17) is 25.8 Å². The minimum Gasteiger partial charge on any atom is -0.497 e. The zero-order valence-corrected chi connectivity index (χ0v) is 14.6. The van der Waals surface area contributed by atoms with Crippen molar-refractivity contribution in [1.82, 2.24) is 0 Å². The third-order valence-electron chi connectivity index (χ3n) is 3.36. The van der Waals surface area contributed by atoms with E-state index in [0.717, 1.165) is 0 Å². The molecular formula is C19H17ClO5. The van der Waals surface area contributed by atoms with Crippen LogP contribution in [-0.4, -0.2) is 32.6 Å². The van der Waals surface area contributed by atoms with Gasteiger partial charge < -0.3 is 14.2 Å². The van der Waals surface area contributed by atoms with Crippen LogP contribution in [0.2, 0.25) is 5.02 Å². The molecule has 0 bridgehead atoms. The second-order valence-electron chi connectivity index (χ2n) is 4.95. The van der Waals surface area contributed by atoms with Crippen LogP contribution < -0.4 is 9.47 Å². The van der Waals surface area contributed by atoms with Crippen LogP contribution in [0.4, 0.5) is 0 Å². The summed E-state index contributed by atoms with van der Waals surface area (Å²) in [7, 11) is 2.95. The molecular weight excluding hydrogens is 344 g/mol. The Morgan fingerprint density at radius 3 is 2.52 bits per heavy atom. The van der Waals surface area contributed by atoms with Crippen molar-refractivity contribution in [1.29, 1.82) is 0 Å². The van der Waals surface area contributed by atoms with Gasteiger partial charge in [0.05, 0.1) is 19.8 Å². The van der Waals surface area contributed by atoms with Crippen molar-refractivity contribution < 1.29 is 23.8 Å². The van der Waals surface area contributed by atoms with Gasteiger partial charge in [-0.2, -0.15) is 0 Å². The van der Waals surface area contributed by atoms with Gasteiger partial charge >= 0.3 is 5.97 Å². The molecule has 2 aromatic rings. The van der Waals surface area contributed by atoms with E-state index in [1.165, 1.54) is 32.4 Å². The van der Waals surface area contributed by atoms with E-state index in [1.807, 2.05) is 0 Å². The molecule has 0 fully saturated rings. The smallest absolute Gasteiger partial charge is 0.331 e. The molecule has 0 N–H and O–H groups in total. The van der Waals surface area contributed by atoms with E-state index in [2.05, 4.69) is 0 Å². The number of benzene rings is 2. The number of ether oxygens (including phenoxy) is 3. The number of carbonyl (C=O) groups is 2. The number of halogens is 1. The molecule has 0 aliphatic carbocycles. The number of methoxy groups -OCH3 is 2. The van der Waals surface area contributed by atoms with E-state index >= 15 is 0 Å². The molecule has 0 aliphatic heterocycles. The first-order chi connectivity index (χ1) is 12.0. The Hall–Kier alpha value is -2.79. The maximum Gasteiger partial charge on any atom is 0.331 e. The van der Waals surface area contributed by atoms with E-state index in [0.29, 0.717) is 22.1 Å². The normalized spacial score (nSPS) is 10.5. The zero-order valence-electron chi connectivity index (χ0n) is 13.8. The highest BCUT2D eigenvalue weighted by Crippen LogP contribution is 2.24. The van der Waals surface area contributed by atoms with Crippen LogP contribution in [0.1, 0.15) is 15.9 Å². The second kappa shape index (κ2) is 8.89. The lowest BCUT2D eigenvalue weighted by Gasteiger charge is -2.09. The first-order valence-corrected chi connectivity index (χ1v) is 7.77. The summed E-state index contributed by atoms with van der Waals surface area (Å²) in [5, 5.41) is 0.517. The molecule has 2 rings (SSSR count). The van der Waals surface area contributed by atoms with Crippen LogP contribution in [0.15, 0.2) is 48.5 Å². The molecule has 25 heavy (non-hydrogen) atoms. The van der Waals surface area contributed by atoms with Crippen molar-refractivity contribution in [2.45, 2.75) is 0 Å². The molecule has 0 unspecified atom stereocenters. The fraction of sp³-hybridized carbons (Fsp3) is 0.158. The average molecular weight is 361 g/mol. The lowest BCUT2D eigenvalue weighted by atomic mass is 10.1. The van der Waals surface area contributed by atoms with Gasteiger partial charge in [0, 0.05) is 11.1 Å². The SMILES string of the molecule is COc1ccc(OC)c(C(=O)COC(=O)/C=C/c2ccccc2Cl)c1. The first-order valence-electron chi connectivity index (χ1n) is 7.39. The summed E-state index contributed by atoms with van der Waals surface area (Å²) in [4.78, 5) is 24.0. The van der Waals surface area contributed by atoms with Gasteiger partial charge in [0.25, 0.3) is 0 Å². The predicted molar refractivity (Wildman–Crippen MR) is 95.3 cm³/mol. The third kappa shape index (κ3) is 5.09. The van der Waals surface area contributed by atoms with Gasteiger partial charge in [0.1, 0.15) is 11.5 Å². The van der Waals surface area contributed by atoms with Crippen LogP contribution in [0.3, 0.4) is 0 Å². The average Bonchev–Trinajstić information content (AvgIpc) is 2.64. The summed E-state index contributed by atoms with van der Waals surface area (Å²) in [6.45, 7) is -0.408. The van der Waals surface area contributed by atoms with Crippen molar-refractivity contribution in [3.63, 3.8) is 0 Å². The molecule has 2 aromatic carbocycles. The van der Waals surface area contributed by atoms with E-state index in [1.54, 1.807) is 36.4 Å². The van der Waals surface area contributed by atoms with Crippen LogP contribution in [0.5, 0.6) is 11.5 Å². The predicted octanol–water partition coefficient (Wildman–Crippen LogP) is 3.80. The standard InChI is InChI=1S/C19H17ClO5/c1-23-14-8-9-18(24-2)15(11-14)17(21)12-25-19(22)10-7-13-5-3-4-6-16(13)20/h3-11H,12H2,1-2H3/b10-7+. The molecule has 0 atom stereocenters. The molecule has 0 saturated heterocycles. The van der Waals surface area contributed by atoms with Gasteiger partial charge in [-0.15, -0.1) is 0 Å². The molecule has 0 radical (unpaired) electrons. The first kappa shape index (κ1) is 18.5. The molecule has 0 saturated carbocycles. The number of Topliss-reactive ketones (excluding diaryl/α,β-unsaturated/α-hetero) is 1. The fourth-order valence-electron chi connectivity index (χ4n) is 2.06. The summed E-state index contributed by atoms with van der Waals surface area (Å²) in [5.41, 5.74) is 0.964. The Morgan fingerprint density at radius 2 is 1.84 bits per heavy atom. The van der Waals surface area contributed by atoms with Crippen LogP contribution in [0.25, 0.3) is 6.08 Å². The lowest BCUT2D eigenvalue weighted by molar-refractivity contribution is -0.136. The van der Waals surface area contributed by atoms with Gasteiger partial charge in [0.2, 0.25) is 5.78 Å². The molecule has 5 nitrogen and oxygen atoms in total. The Balaban J connectivity index is 2.00. The van der Waals surface area contributed by atoms with Crippen molar-refractivity contribution >= 4 is 29.4 Å². The summed E-state index contributed by atoms with van der Waals surface area (Å²) in [6, 6.07) is 11.9. The summed E-state index contributed by atoms with van der Waals surface area (Å²) in [6.07, 6.45) is 2.75. The highest BCUT2D eigenvalue weighted by molar-refractivity contribution is 6.32. The van der Waals surface area contributed by atoms with Gasteiger partial charge in [-0.1, -0.05) is 29.8 Å². The minimum absolute atomic E-state index is 0.282. The van der Waals surface area contributed by atoms with E-state index < -0.39 is 18.4 Å². The largest absolute Gasteiger partial charge is 0.497 e. The topological polar surface area (TPSA) is 61.8 Å². The number of ketones is 1. The number of esters is 1.